The molecule has 1 rings (SSSR count). The van der Waals surface area contributed by atoms with Crippen molar-refractivity contribution in [3.63, 3.8) is 0 Å². The second-order valence-corrected chi connectivity index (χ2v) is 6.87. The number of aliphatic carboxylic acids is 2. The molecule has 0 aliphatic carbocycles. The van der Waals surface area contributed by atoms with Crippen LogP contribution in [0.2, 0.25) is 0 Å². The lowest BCUT2D eigenvalue weighted by molar-refractivity contribution is -0.138. The van der Waals surface area contributed by atoms with Gasteiger partial charge in [-0.3, -0.25) is 9.59 Å². The number of benzene rings is 1. The monoisotopic (exact) mass is 458 g/mol. The number of carbonyl (C=O) groups is 4. The van der Waals surface area contributed by atoms with Gasteiger partial charge < -0.3 is 30.6 Å². The minimum Gasteiger partial charge on any atom is -0.481 e. The second-order valence-electron chi connectivity index (χ2n) is 6.87. The summed E-state index contributed by atoms with van der Waals surface area (Å²) >= 11 is 0. The summed E-state index contributed by atoms with van der Waals surface area (Å²) in [6, 6.07) is 5.02. The first-order valence-corrected chi connectivity index (χ1v) is 10.4. The molecule has 0 unspecified atom stereocenters. The van der Waals surface area contributed by atoms with E-state index in [9.17, 15) is 19.2 Å². The Bertz CT molecular complexity index is 615. The van der Waals surface area contributed by atoms with E-state index >= 15 is 0 Å². The highest BCUT2D eigenvalue weighted by Crippen LogP contribution is 2.08. The lowest BCUT2D eigenvalue weighted by atomic mass is 10.1. The van der Waals surface area contributed by atoms with Gasteiger partial charge in [0.2, 0.25) is 0 Å². The van der Waals surface area contributed by atoms with E-state index in [1.807, 2.05) is 6.92 Å². The number of carboxylic acid groups (broad SMARTS) is 4. The third kappa shape index (κ3) is 21.7. The lowest BCUT2D eigenvalue weighted by Gasteiger charge is -1.98. The molecule has 0 atom stereocenters. The van der Waals surface area contributed by atoms with Crippen molar-refractivity contribution in [1.29, 1.82) is 0 Å². The van der Waals surface area contributed by atoms with Crippen molar-refractivity contribution < 1.29 is 49.8 Å². The highest BCUT2D eigenvalue weighted by molar-refractivity contribution is 5.91. The molecule has 0 heterocycles. The molecule has 0 aromatic heterocycles. The van der Waals surface area contributed by atoms with Crippen molar-refractivity contribution in [3.8, 4) is 0 Å². The van der Waals surface area contributed by atoms with Crippen molar-refractivity contribution in [2.45, 2.75) is 77.4 Å². The number of carboxylic acids is 4. The summed E-state index contributed by atoms with van der Waals surface area (Å²) in [6.45, 7) is 1.90. The van der Waals surface area contributed by atoms with Gasteiger partial charge in [0.1, 0.15) is 0 Å². The third-order valence-electron chi connectivity index (χ3n) is 3.96. The average molecular weight is 459 g/mol. The van der Waals surface area contributed by atoms with Gasteiger partial charge >= 0.3 is 23.9 Å². The molecule has 0 aliphatic rings. The maximum atomic E-state index is 10.3. The number of aliphatic hydroxyl groups is 2. The number of aliphatic hydroxyl groups excluding tert-OH is 1. The van der Waals surface area contributed by atoms with Gasteiger partial charge in [0, 0.05) is 12.8 Å². The number of hydrogen-bond donors (Lipinski definition) is 6. The smallest absolute Gasteiger partial charge is 0.335 e. The van der Waals surface area contributed by atoms with Crippen molar-refractivity contribution in [2.24, 2.45) is 0 Å². The van der Waals surface area contributed by atoms with Gasteiger partial charge in [0.15, 0.2) is 6.29 Å². The van der Waals surface area contributed by atoms with Gasteiger partial charge in [-0.25, -0.2) is 9.59 Å². The molecule has 1 aromatic carbocycles. The Hall–Kier alpha value is -2.98. The van der Waals surface area contributed by atoms with Crippen LogP contribution >= 0.6 is 0 Å². The van der Waals surface area contributed by atoms with Crippen molar-refractivity contribution in [3.05, 3.63) is 35.4 Å². The summed E-state index contributed by atoms with van der Waals surface area (Å²) < 4.78 is 0. The molecule has 0 aliphatic heterocycles. The van der Waals surface area contributed by atoms with Crippen LogP contribution in [-0.4, -0.2) is 60.8 Å². The fourth-order valence-corrected chi connectivity index (χ4v) is 2.27. The minimum absolute atomic E-state index is 0.0833. The first-order chi connectivity index (χ1) is 15.0. The van der Waals surface area contributed by atoms with Gasteiger partial charge in [-0.2, -0.15) is 0 Å². The number of hydrogen-bond acceptors (Lipinski definition) is 6. The predicted molar refractivity (Wildman–Crippen MR) is 116 cm³/mol. The fourth-order valence-electron chi connectivity index (χ4n) is 2.27. The van der Waals surface area contributed by atoms with Crippen molar-refractivity contribution in [2.75, 3.05) is 0 Å². The van der Waals surface area contributed by atoms with Crippen molar-refractivity contribution in [1.82, 2.24) is 0 Å². The SMILES string of the molecule is CCCC(O)O.O=C(O)CCCCCCCCC(=O)O.O=C(O)c1ccc(C(=O)O)cc1. The summed E-state index contributed by atoms with van der Waals surface area (Å²) in [4.78, 5) is 41.0. The van der Waals surface area contributed by atoms with Crippen LogP contribution in [0.3, 0.4) is 0 Å². The third-order valence-corrected chi connectivity index (χ3v) is 3.96. The van der Waals surface area contributed by atoms with Crippen LogP contribution in [0.15, 0.2) is 24.3 Å². The second kappa shape index (κ2) is 20.0. The molecule has 0 amide bonds. The average Bonchev–Trinajstić information content (AvgIpc) is 2.70. The van der Waals surface area contributed by atoms with Gasteiger partial charge in [-0.05, 0) is 43.5 Å². The Morgan fingerprint density at radius 3 is 1.16 bits per heavy atom. The quantitative estimate of drug-likeness (QED) is 0.188. The Kier molecular flexibility index (Phi) is 19.5. The lowest BCUT2D eigenvalue weighted by Crippen LogP contribution is -2.01. The molecular weight excluding hydrogens is 424 g/mol. The van der Waals surface area contributed by atoms with Crippen molar-refractivity contribution >= 4 is 23.9 Å². The van der Waals surface area contributed by atoms with Crippen LogP contribution in [0.5, 0.6) is 0 Å². The van der Waals surface area contributed by atoms with Crippen LogP contribution in [-0.2, 0) is 9.59 Å². The molecule has 0 saturated carbocycles. The van der Waals surface area contributed by atoms with E-state index in [0.29, 0.717) is 6.42 Å². The summed E-state index contributed by atoms with van der Waals surface area (Å²) in [6.07, 6.45) is 6.04. The molecule has 0 fully saturated rings. The molecular formula is C22H34O10. The van der Waals surface area contributed by atoms with Crippen LogP contribution in [0, 0.1) is 0 Å². The van der Waals surface area contributed by atoms with Crippen LogP contribution in [0.4, 0.5) is 0 Å². The summed E-state index contributed by atoms with van der Waals surface area (Å²) in [5, 5.41) is 49.8. The zero-order valence-electron chi connectivity index (χ0n) is 18.3. The molecule has 0 saturated heterocycles. The molecule has 10 heteroatoms. The standard InChI is InChI=1S/C10H18O4.C8H6O4.C4H10O2/c11-9(12)7-5-3-1-2-4-6-8-10(13)14;9-7(10)5-1-2-6(4-3-5)8(11)12;1-2-3-4(5)6/h1-8H2,(H,11,12)(H,13,14);1-4H,(H,9,10)(H,11,12);4-6H,2-3H2,1H3. The Morgan fingerprint density at radius 2 is 0.969 bits per heavy atom. The number of unbranched alkanes of at least 4 members (excludes halogenated alkanes) is 5. The van der Waals surface area contributed by atoms with Gasteiger partial charge in [0.25, 0.3) is 0 Å². The van der Waals surface area contributed by atoms with Gasteiger partial charge in [-0.1, -0.05) is 39.0 Å². The first kappa shape index (κ1) is 31.2. The van der Waals surface area contributed by atoms with Crippen LogP contribution in [0.1, 0.15) is 91.8 Å². The van der Waals surface area contributed by atoms with Crippen LogP contribution in [0.25, 0.3) is 0 Å². The Balaban J connectivity index is 0. The minimum atomic E-state index is -1.10. The van der Waals surface area contributed by atoms with E-state index in [1.165, 1.54) is 24.3 Å². The van der Waals surface area contributed by atoms with Crippen LogP contribution < -0.4 is 0 Å². The highest BCUT2D eigenvalue weighted by Gasteiger charge is 2.05. The molecule has 1 aromatic rings. The maximum absolute atomic E-state index is 10.3. The van der Waals surface area contributed by atoms with Gasteiger partial charge in [0.05, 0.1) is 11.1 Å². The van der Waals surface area contributed by atoms with E-state index in [0.717, 1.165) is 44.9 Å². The summed E-state index contributed by atoms with van der Waals surface area (Å²) in [5.74, 6) is -3.61. The number of rotatable bonds is 13. The highest BCUT2D eigenvalue weighted by atomic mass is 16.5. The van der Waals surface area contributed by atoms with E-state index in [1.54, 1.807) is 0 Å². The first-order valence-electron chi connectivity index (χ1n) is 10.4. The van der Waals surface area contributed by atoms with E-state index in [-0.39, 0.29) is 24.0 Å². The molecule has 6 N–H and O–H groups in total. The molecule has 32 heavy (non-hydrogen) atoms. The number of aromatic carboxylic acids is 2. The van der Waals surface area contributed by atoms with Gasteiger partial charge in [-0.15, -0.1) is 0 Å². The molecule has 0 bridgehead atoms. The van der Waals surface area contributed by atoms with E-state index < -0.39 is 30.2 Å². The zero-order chi connectivity index (χ0) is 24.9. The topological polar surface area (TPSA) is 190 Å². The van der Waals surface area contributed by atoms with E-state index in [2.05, 4.69) is 0 Å². The predicted octanol–water partition coefficient (Wildman–Crippen LogP) is 3.46. The normalized spacial score (nSPS) is 9.75. The zero-order valence-corrected chi connectivity index (χ0v) is 18.3. The molecule has 0 spiro atoms. The Morgan fingerprint density at radius 1 is 0.656 bits per heavy atom. The maximum Gasteiger partial charge on any atom is 0.335 e. The fraction of sp³-hybridized carbons (Fsp3) is 0.545. The molecule has 10 nitrogen and oxygen atoms in total. The molecule has 182 valence electrons. The molecule has 0 radical (unpaired) electrons. The Labute approximate surface area is 187 Å². The van der Waals surface area contributed by atoms with E-state index in [4.69, 9.17) is 30.6 Å². The summed E-state index contributed by atoms with van der Waals surface area (Å²) in [7, 11) is 0. The summed E-state index contributed by atoms with van der Waals surface area (Å²) in [5.41, 5.74) is 0.167. The largest absolute Gasteiger partial charge is 0.481 e.